The van der Waals surface area contributed by atoms with Gasteiger partial charge in [0.2, 0.25) is 5.91 Å². The fourth-order valence-electron chi connectivity index (χ4n) is 1.69. The predicted molar refractivity (Wildman–Crippen MR) is 84.6 cm³/mol. The number of anilines is 2. The normalized spacial score (nSPS) is 11.8. The molecule has 110 valence electrons. The van der Waals surface area contributed by atoms with Crippen LogP contribution in [0.1, 0.15) is 6.92 Å². The van der Waals surface area contributed by atoms with Gasteiger partial charge in [-0.3, -0.25) is 4.79 Å². The van der Waals surface area contributed by atoms with E-state index < -0.39 is 11.9 Å². The van der Waals surface area contributed by atoms with E-state index in [1.807, 2.05) is 0 Å². The fraction of sp³-hybridized carbons (Fsp3) is 0.133. The number of amides is 1. The van der Waals surface area contributed by atoms with E-state index in [9.17, 15) is 9.18 Å². The van der Waals surface area contributed by atoms with Crippen molar-refractivity contribution in [3.05, 3.63) is 58.3 Å². The molecule has 2 N–H and O–H groups in total. The summed E-state index contributed by atoms with van der Waals surface area (Å²) in [4.78, 5) is 12.0. The lowest BCUT2D eigenvalue weighted by atomic mass is 10.2. The van der Waals surface area contributed by atoms with E-state index >= 15 is 0 Å². The number of carbonyl (C=O) groups excluding carboxylic acids is 1. The van der Waals surface area contributed by atoms with Crippen molar-refractivity contribution >= 4 is 40.5 Å². The fourth-order valence-corrected chi connectivity index (χ4v) is 1.99. The predicted octanol–water partition coefficient (Wildman–Crippen LogP) is 4.57. The molecule has 2 aromatic carbocycles. The second-order valence-corrected chi connectivity index (χ2v) is 5.33. The topological polar surface area (TPSA) is 41.1 Å². The third-order valence-corrected chi connectivity index (χ3v) is 3.35. The first-order valence-electron chi connectivity index (χ1n) is 6.24. The lowest BCUT2D eigenvalue weighted by Gasteiger charge is -2.15. The van der Waals surface area contributed by atoms with Crippen LogP contribution in [0.4, 0.5) is 15.8 Å². The van der Waals surface area contributed by atoms with Crippen LogP contribution in [0.25, 0.3) is 0 Å². The van der Waals surface area contributed by atoms with E-state index in [2.05, 4.69) is 10.6 Å². The molecule has 1 unspecified atom stereocenters. The molecule has 0 radical (unpaired) electrons. The number of carbonyl (C=O) groups is 1. The van der Waals surface area contributed by atoms with Crippen molar-refractivity contribution in [1.29, 1.82) is 0 Å². The van der Waals surface area contributed by atoms with Crippen LogP contribution in [-0.2, 0) is 4.79 Å². The van der Waals surface area contributed by atoms with E-state index in [1.165, 1.54) is 18.2 Å². The van der Waals surface area contributed by atoms with Gasteiger partial charge in [0.15, 0.2) is 0 Å². The van der Waals surface area contributed by atoms with Crippen molar-refractivity contribution in [2.75, 3.05) is 10.6 Å². The molecule has 21 heavy (non-hydrogen) atoms. The molecule has 1 amide bonds. The SMILES string of the molecule is CC(Nc1ccc(Cl)cc1)C(=O)Nc1ccc(F)c(Cl)c1. The maximum absolute atomic E-state index is 13.0. The van der Waals surface area contributed by atoms with Crippen LogP contribution in [0.3, 0.4) is 0 Å². The Labute approximate surface area is 132 Å². The maximum Gasteiger partial charge on any atom is 0.246 e. The van der Waals surface area contributed by atoms with Crippen molar-refractivity contribution < 1.29 is 9.18 Å². The minimum Gasteiger partial charge on any atom is -0.374 e. The highest BCUT2D eigenvalue weighted by atomic mass is 35.5. The molecule has 0 saturated carbocycles. The van der Waals surface area contributed by atoms with Gasteiger partial charge in [0.1, 0.15) is 11.9 Å². The Morgan fingerprint density at radius 1 is 1.10 bits per heavy atom. The molecular weight excluding hydrogens is 314 g/mol. The summed E-state index contributed by atoms with van der Waals surface area (Å²) in [5, 5.41) is 6.29. The zero-order chi connectivity index (χ0) is 15.4. The van der Waals surface area contributed by atoms with Gasteiger partial charge in [-0.2, -0.15) is 0 Å². The van der Waals surface area contributed by atoms with E-state index in [-0.39, 0.29) is 10.9 Å². The highest BCUT2D eigenvalue weighted by molar-refractivity contribution is 6.31. The van der Waals surface area contributed by atoms with Gasteiger partial charge in [0.05, 0.1) is 5.02 Å². The maximum atomic E-state index is 13.0. The average molecular weight is 327 g/mol. The summed E-state index contributed by atoms with van der Waals surface area (Å²) >= 11 is 11.5. The summed E-state index contributed by atoms with van der Waals surface area (Å²) in [5.41, 5.74) is 1.22. The Morgan fingerprint density at radius 3 is 2.33 bits per heavy atom. The number of nitrogens with one attached hydrogen (secondary N) is 2. The third kappa shape index (κ3) is 4.34. The average Bonchev–Trinajstić information content (AvgIpc) is 2.45. The summed E-state index contributed by atoms with van der Waals surface area (Å²) in [6, 6.07) is 10.6. The van der Waals surface area contributed by atoms with Gasteiger partial charge in [-0.15, -0.1) is 0 Å². The van der Waals surface area contributed by atoms with Gasteiger partial charge >= 0.3 is 0 Å². The Morgan fingerprint density at radius 2 is 1.71 bits per heavy atom. The van der Waals surface area contributed by atoms with Crippen molar-refractivity contribution in [1.82, 2.24) is 0 Å². The van der Waals surface area contributed by atoms with Crippen LogP contribution in [0.2, 0.25) is 10.0 Å². The van der Waals surface area contributed by atoms with Gasteiger partial charge < -0.3 is 10.6 Å². The van der Waals surface area contributed by atoms with E-state index in [1.54, 1.807) is 31.2 Å². The Kier molecular flexibility index (Phi) is 5.04. The van der Waals surface area contributed by atoms with Crippen LogP contribution in [-0.4, -0.2) is 11.9 Å². The molecule has 0 saturated heterocycles. The number of halogens is 3. The van der Waals surface area contributed by atoms with Gasteiger partial charge in [-0.05, 0) is 49.4 Å². The van der Waals surface area contributed by atoms with E-state index in [0.29, 0.717) is 10.7 Å². The monoisotopic (exact) mass is 326 g/mol. The summed E-state index contributed by atoms with van der Waals surface area (Å²) in [7, 11) is 0. The van der Waals surface area contributed by atoms with Crippen LogP contribution in [0, 0.1) is 5.82 Å². The summed E-state index contributed by atoms with van der Waals surface area (Å²) in [6.45, 7) is 1.72. The largest absolute Gasteiger partial charge is 0.374 e. The van der Waals surface area contributed by atoms with Crippen LogP contribution >= 0.6 is 23.2 Å². The lowest BCUT2D eigenvalue weighted by molar-refractivity contribution is -0.116. The molecule has 6 heteroatoms. The summed E-state index contributed by atoms with van der Waals surface area (Å²) in [5.74, 6) is -0.783. The Balaban J connectivity index is 1.98. The van der Waals surface area contributed by atoms with Crippen LogP contribution < -0.4 is 10.6 Å². The van der Waals surface area contributed by atoms with Crippen molar-refractivity contribution in [3.8, 4) is 0 Å². The zero-order valence-corrected chi connectivity index (χ0v) is 12.7. The number of benzene rings is 2. The summed E-state index contributed by atoms with van der Waals surface area (Å²) in [6.07, 6.45) is 0. The van der Waals surface area contributed by atoms with Crippen molar-refractivity contribution in [2.45, 2.75) is 13.0 Å². The van der Waals surface area contributed by atoms with Gasteiger partial charge in [-0.1, -0.05) is 23.2 Å². The molecule has 3 nitrogen and oxygen atoms in total. The molecule has 2 rings (SSSR count). The van der Waals surface area contributed by atoms with Gasteiger partial charge in [0, 0.05) is 16.4 Å². The van der Waals surface area contributed by atoms with Gasteiger partial charge in [0.25, 0.3) is 0 Å². The molecule has 0 aromatic heterocycles. The minimum atomic E-state index is -0.526. The molecule has 0 heterocycles. The molecule has 0 spiro atoms. The first-order chi connectivity index (χ1) is 9.95. The Bertz CT molecular complexity index is 647. The first-order valence-corrected chi connectivity index (χ1v) is 6.99. The number of hydrogen-bond acceptors (Lipinski definition) is 2. The molecular formula is C15H13Cl2FN2O. The second kappa shape index (κ2) is 6.78. The lowest BCUT2D eigenvalue weighted by Crippen LogP contribution is -2.31. The zero-order valence-electron chi connectivity index (χ0n) is 11.2. The molecule has 0 fully saturated rings. The number of hydrogen-bond donors (Lipinski definition) is 2. The first kappa shape index (κ1) is 15.6. The smallest absolute Gasteiger partial charge is 0.246 e. The minimum absolute atomic E-state index is 0.0360. The molecule has 0 aliphatic rings. The quantitative estimate of drug-likeness (QED) is 0.863. The Hall–Kier alpha value is -1.78. The van der Waals surface area contributed by atoms with Crippen LogP contribution in [0.5, 0.6) is 0 Å². The van der Waals surface area contributed by atoms with E-state index in [4.69, 9.17) is 23.2 Å². The number of rotatable bonds is 4. The highest BCUT2D eigenvalue weighted by Crippen LogP contribution is 2.20. The van der Waals surface area contributed by atoms with Crippen LogP contribution in [0.15, 0.2) is 42.5 Å². The standard InChI is InChI=1S/C15H13Cl2FN2O/c1-9(19-11-4-2-10(16)3-5-11)15(21)20-12-6-7-14(18)13(17)8-12/h2-9,19H,1H3,(H,20,21). The van der Waals surface area contributed by atoms with Gasteiger partial charge in [-0.25, -0.2) is 4.39 Å². The third-order valence-electron chi connectivity index (χ3n) is 2.81. The van der Waals surface area contributed by atoms with Crippen molar-refractivity contribution in [2.24, 2.45) is 0 Å². The molecule has 2 aromatic rings. The molecule has 0 aliphatic heterocycles. The molecule has 0 aliphatic carbocycles. The summed E-state index contributed by atoms with van der Waals surface area (Å²) < 4.78 is 13.0. The van der Waals surface area contributed by atoms with Crippen molar-refractivity contribution in [3.63, 3.8) is 0 Å². The highest BCUT2D eigenvalue weighted by Gasteiger charge is 2.13. The molecule has 0 bridgehead atoms. The second-order valence-electron chi connectivity index (χ2n) is 4.49. The van der Waals surface area contributed by atoms with E-state index in [0.717, 1.165) is 5.69 Å². The molecule has 1 atom stereocenters.